The standard InChI is InChI=1S/C16H25NO2/c1-4-8-17-13(3)14-5-6-16(12(2)10-14)19-15-7-9-18-11-15/h5-6,10,13,15,17H,4,7-9,11H2,1-3H3. The van der Waals surface area contributed by atoms with Gasteiger partial charge < -0.3 is 14.8 Å². The minimum absolute atomic E-state index is 0.222. The lowest BCUT2D eigenvalue weighted by Crippen LogP contribution is -2.20. The van der Waals surface area contributed by atoms with Gasteiger partial charge in [-0.2, -0.15) is 0 Å². The predicted octanol–water partition coefficient (Wildman–Crippen LogP) is 3.22. The quantitative estimate of drug-likeness (QED) is 0.855. The fourth-order valence-electron chi connectivity index (χ4n) is 2.34. The van der Waals surface area contributed by atoms with E-state index in [2.05, 4.69) is 44.3 Å². The van der Waals surface area contributed by atoms with E-state index in [1.54, 1.807) is 0 Å². The van der Waals surface area contributed by atoms with Gasteiger partial charge in [0.15, 0.2) is 0 Å². The second-order valence-corrected chi connectivity index (χ2v) is 5.30. The van der Waals surface area contributed by atoms with E-state index in [-0.39, 0.29) is 6.10 Å². The molecular weight excluding hydrogens is 238 g/mol. The first kappa shape index (κ1) is 14.4. The van der Waals surface area contributed by atoms with Crippen LogP contribution >= 0.6 is 0 Å². The maximum absolute atomic E-state index is 5.98. The van der Waals surface area contributed by atoms with Crippen molar-refractivity contribution in [3.05, 3.63) is 29.3 Å². The molecular formula is C16H25NO2. The normalized spacial score (nSPS) is 20.5. The van der Waals surface area contributed by atoms with Gasteiger partial charge in [0.25, 0.3) is 0 Å². The van der Waals surface area contributed by atoms with Gasteiger partial charge in [0.1, 0.15) is 11.9 Å². The molecule has 1 saturated heterocycles. The summed E-state index contributed by atoms with van der Waals surface area (Å²) >= 11 is 0. The second-order valence-electron chi connectivity index (χ2n) is 5.30. The van der Waals surface area contributed by atoms with E-state index >= 15 is 0 Å². The molecule has 0 aromatic heterocycles. The van der Waals surface area contributed by atoms with Crippen molar-refractivity contribution in [3.63, 3.8) is 0 Å². The highest BCUT2D eigenvalue weighted by Gasteiger charge is 2.18. The molecule has 3 nitrogen and oxygen atoms in total. The first-order chi connectivity index (χ1) is 9.20. The molecule has 19 heavy (non-hydrogen) atoms. The lowest BCUT2D eigenvalue weighted by molar-refractivity contribution is 0.141. The lowest BCUT2D eigenvalue weighted by atomic mass is 10.0. The van der Waals surface area contributed by atoms with Gasteiger partial charge in [-0.15, -0.1) is 0 Å². The Hall–Kier alpha value is -1.06. The van der Waals surface area contributed by atoms with Gasteiger partial charge in [-0.05, 0) is 44.0 Å². The Morgan fingerprint density at radius 2 is 2.32 bits per heavy atom. The Morgan fingerprint density at radius 3 is 2.95 bits per heavy atom. The molecule has 0 bridgehead atoms. The minimum atomic E-state index is 0.222. The third kappa shape index (κ3) is 3.95. The van der Waals surface area contributed by atoms with Crippen molar-refractivity contribution in [2.75, 3.05) is 19.8 Å². The van der Waals surface area contributed by atoms with Crippen LogP contribution in [0.15, 0.2) is 18.2 Å². The number of nitrogens with one attached hydrogen (secondary N) is 1. The van der Waals surface area contributed by atoms with E-state index in [1.807, 2.05) is 0 Å². The molecule has 0 amide bonds. The van der Waals surface area contributed by atoms with Crippen LogP contribution in [-0.4, -0.2) is 25.9 Å². The van der Waals surface area contributed by atoms with Gasteiger partial charge in [0.2, 0.25) is 0 Å². The maximum Gasteiger partial charge on any atom is 0.124 e. The lowest BCUT2D eigenvalue weighted by Gasteiger charge is -2.18. The average Bonchev–Trinajstić information content (AvgIpc) is 2.91. The van der Waals surface area contributed by atoms with Gasteiger partial charge in [0.05, 0.1) is 13.2 Å². The molecule has 1 aromatic carbocycles. The molecule has 1 heterocycles. The molecule has 0 aliphatic carbocycles. The van der Waals surface area contributed by atoms with Crippen LogP contribution in [0.1, 0.15) is 43.9 Å². The summed E-state index contributed by atoms with van der Waals surface area (Å²) < 4.78 is 11.3. The molecule has 0 radical (unpaired) electrons. The molecule has 3 heteroatoms. The SMILES string of the molecule is CCCNC(C)c1ccc(OC2CCOC2)c(C)c1. The summed E-state index contributed by atoms with van der Waals surface area (Å²) in [6.07, 6.45) is 2.38. The summed E-state index contributed by atoms with van der Waals surface area (Å²) in [5.41, 5.74) is 2.52. The highest BCUT2D eigenvalue weighted by molar-refractivity contribution is 5.37. The Morgan fingerprint density at radius 1 is 1.47 bits per heavy atom. The van der Waals surface area contributed by atoms with Gasteiger partial charge in [0, 0.05) is 12.5 Å². The van der Waals surface area contributed by atoms with Crippen molar-refractivity contribution in [3.8, 4) is 5.75 Å². The van der Waals surface area contributed by atoms with Gasteiger partial charge >= 0.3 is 0 Å². The van der Waals surface area contributed by atoms with Crippen LogP contribution in [0.4, 0.5) is 0 Å². The number of hydrogen-bond acceptors (Lipinski definition) is 3. The Kier molecular flexibility index (Phi) is 5.23. The highest BCUT2D eigenvalue weighted by atomic mass is 16.5. The van der Waals surface area contributed by atoms with Crippen molar-refractivity contribution in [2.24, 2.45) is 0 Å². The predicted molar refractivity (Wildman–Crippen MR) is 77.7 cm³/mol. The maximum atomic E-state index is 5.98. The van der Waals surface area contributed by atoms with Crippen molar-refractivity contribution >= 4 is 0 Å². The molecule has 1 N–H and O–H groups in total. The molecule has 2 atom stereocenters. The van der Waals surface area contributed by atoms with Gasteiger partial charge in [-0.1, -0.05) is 19.1 Å². The zero-order valence-corrected chi connectivity index (χ0v) is 12.2. The van der Waals surface area contributed by atoms with Gasteiger partial charge in [-0.25, -0.2) is 0 Å². The Bertz CT molecular complexity index is 400. The molecule has 1 aliphatic heterocycles. The van der Waals surface area contributed by atoms with Crippen molar-refractivity contribution in [2.45, 2.75) is 45.8 Å². The Labute approximate surface area is 116 Å². The summed E-state index contributed by atoms with van der Waals surface area (Å²) in [4.78, 5) is 0. The highest BCUT2D eigenvalue weighted by Crippen LogP contribution is 2.25. The first-order valence-electron chi connectivity index (χ1n) is 7.29. The van der Waals surface area contributed by atoms with Crippen LogP contribution in [0.3, 0.4) is 0 Å². The van der Waals surface area contributed by atoms with E-state index in [0.29, 0.717) is 6.04 Å². The molecule has 106 valence electrons. The molecule has 1 aliphatic rings. The fourth-order valence-corrected chi connectivity index (χ4v) is 2.34. The largest absolute Gasteiger partial charge is 0.488 e. The number of rotatable bonds is 6. The average molecular weight is 263 g/mol. The molecule has 2 rings (SSSR count). The van der Waals surface area contributed by atoms with Crippen LogP contribution < -0.4 is 10.1 Å². The fraction of sp³-hybridized carbons (Fsp3) is 0.625. The summed E-state index contributed by atoms with van der Waals surface area (Å²) in [5, 5.41) is 3.51. The number of ether oxygens (including phenoxy) is 2. The zero-order valence-electron chi connectivity index (χ0n) is 12.2. The summed E-state index contributed by atoms with van der Waals surface area (Å²) in [6, 6.07) is 6.86. The van der Waals surface area contributed by atoms with Crippen LogP contribution in [-0.2, 0) is 4.74 Å². The number of aryl methyl sites for hydroxylation is 1. The first-order valence-corrected chi connectivity index (χ1v) is 7.29. The van der Waals surface area contributed by atoms with Crippen LogP contribution in [0.25, 0.3) is 0 Å². The minimum Gasteiger partial charge on any atom is -0.488 e. The zero-order chi connectivity index (χ0) is 13.7. The van der Waals surface area contributed by atoms with Crippen molar-refractivity contribution < 1.29 is 9.47 Å². The van der Waals surface area contributed by atoms with E-state index in [9.17, 15) is 0 Å². The number of benzene rings is 1. The smallest absolute Gasteiger partial charge is 0.124 e. The third-order valence-corrected chi connectivity index (χ3v) is 3.58. The van der Waals surface area contributed by atoms with Crippen molar-refractivity contribution in [1.82, 2.24) is 5.32 Å². The van der Waals surface area contributed by atoms with E-state index in [1.165, 1.54) is 11.1 Å². The topological polar surface area (TPSA) is 30.5 Å². The molecule has 1 aromatic rings. The summed E-state index contributed by atoms with van der Waals surface area (Å²) in [7, 11) is 0. The van der Waals surface area contributed by atoms with E-state index in [4.69, 9.17) is 9.47 Å². The van der Waals surface area contributed by atoms with Crippen LogP contribution in [0.5, 0.6) is 5.75 Å². The van der Waals surface area contributed by atoms with E-state index in [0.717, 1.165) is 38.3 Å². The third-order valence-electron chi connectivity index (χ3n) is 3.58. The molecule has 0 spiro atoms. The van der Waals surface area contributed by atoms with Crippen LogP contribution in [0, 0.1) is 6.92 Å². The van der Waals surface area contributed by atoms with Crippen molar-refractivity contribution in [1.29, 1.82) is 0 Å². The summed E-state index contributed by atoms with van der Waals surface area (Å²) in [6.45, 7) is 9.09. The Balaban J connectivity index is 1.99. The number of hydrogen-bond donors (Lipinski definition) is 1. The van der Waals surface area contributed by atoms with Crippen LogP contribution in [0.2, 0.25) is 0 Å². The second kappa shape index (κ2) is 6.92. The molecule has 0 saturated carbocycles. The van der Waals surface area contributed by atoms with E-state index < -0.39 is 0 Å². The monoisotopic (exact) mass is 263 g/mol. The molecule has 1 fully saturated rings. The summed E-state index contributed by atoms with van der Waals surface area (Å²) in [5.74, 6) is 0.988. The van der Waals surface area contributed by atoms with Gasteiger partial charge in [-0.3, -0.25) is 0 Å². The molecule has 2 unspecified atom stereocenters.